The molecule has 0 atom stereocenters. The molecule has 8 heteroatoms. The van der Waals surface area contributed by atoms with Crippen molar-refractivity contribution in [3.05, 3.63) is 58.9 Å². The zero-order valence-corrected chi connectivity index (χ0v) is 13.9. The Bertz CT molecular complexity index is 859. The van der Waals surface area contributed by atoms with Crippen LogP contribution in [0.4, 0.5) is 9.52 Å². The number of anilines is 1. The van der Waals surface area contributed by atoms with Crippen LogP contribution in [-0.4, -0.2) is 23.7 Å². The summed E-state index contributed by atoms with van der Waals surface area (Å²) in [6.45, 7) is 0.00215. The number of carbonyl (C=O) groups is 1. The highest BCUT2D eigenvalue weighted by Gasteiger charge is 2.06. The second kappa shape index (κ2) is 7.37. The maximum atomic E-state index is 13.5. The van der Waals surface area contributed by atoms with Gasteiger partial charge in [-0.1, -0.05) is 41.1 Å². The number of hydrogen-bond donors (Lipinski definition) is 2. The number of nitrogens with zero attached hydrogens (tertiary/aromatic N) is 2. The Morgan fingerprint density at radius 2 is 2.12 bits per heavy atom. The van der Waals surface area contributed by atoms with Crippen molar-refractivity contribution in [2.75, 3.05) is 11.9 Å². The molecule has 0 fully saturated rings. The highest BCUT2D eigenvalue weighted by molar-refractivity contribution is 7.22. The second-order valence-electron chi connectivity index (χ2n) is 4.77. The lowest BCUT2D eigenvalue weighted by molar-refractivity contribution is -0.119. The molecule has 3 aromatic rings. The van der Waals surface area contributed by atoms with Crippen molar-refractivity contribution in [2.24, 2.45) is 5.10 Å². The fraction of sp³-hybridized carbons (Fsp3) is 0.0625. The van der Waals surface area contributed by atoms with E-state index < -0.39 is 5.82 Å². The Morgan fingerprint density at radius 3 is 2.92 bits per heavy atom. The van der Waals surface area contributed by atoms with E-state index in [0.29, 0.717) is 5.13 Å². The van der Waals surface area contributed by atoms with Crippen LogP contribution in [0.5, 0.6) is 0 Å². The molecule has 24 heavy (non-hydrogen) atoms. The minimum Gasteiger partial charge on any atom is -0.352 e. The topological polar surface area (TPSA) is 66.4 Å². The van der Waals surface area contributed by atoms with Crippen molar-refractivity contribution in [3.63, 3.8) is 0 Å². The maximum absolute atomic E-state index is 13.5. The van der Waals surface area contributed by atoms with E-state index >= 15 is 0 Å². The molecule has 0 spiro atoms. The van der Waals surface area contributed by atoms with Gasteiger partial charge in [0.1, 0.15) is 5.82 Å². The highest BCUT2D eigenvalue weighted by atomic mass is 35.5. The number of thiazole rings is 1. The Labute approximate surface area is 146 Å². The minimum atomic E-state index is -0.506. The Balaban J connectivity index is 1.55. The zero-order chi connectivity index (χ0) is 16.9. The molecule has 3 rings (SSSR count). The summed E-state index contributed by atoms with van der Waals surface area (Å²) in [5.41, 5.74) is 3.31. The Kier molecular flexibility index (Phi) is 5.02. The van der Waals surface area contributed by atoms with Gasteiger partial charge < -0.3 is 5.32 Å². The minimum absolute atomic E-state index is 0.00215. The average Bonchev–Trinajstić information content (AvgIpc) is 2.98. The first-order valence-electron chi connectivity index (χ1n) is 6.99. The van der Waals surface area contributed by atoms with Gasteiger partial charge in [0.2, 0.25) is 0 Å². The molecule has 0 aliphatic heterocycles. The number of hydrazone groups is 1. The first kappa shape index (κ1) is 16.4. The number of aromatic nitrogens is 1. The van der Waals surface area contributed by atoms with Crippen LogP contribution in [0.1, 0.15) is 5.56 Å². The monoisotopic (exact) mass is 362 g/mol. The smallest absolute Gasteiger partial charge is 0.259 e. The van der Waals surface area contributed by atoms with Gasteiger partial charge in [0, 0.05) is 5.56 Å². The van der Waals surface area contributed by atoms with Gasteiger partial charge in [-0.25, -0.2) is 14.8 Å². The molecule has 0 aliphatic carbocycles. The maximum Gasteiger partial charge on any atom is 0.259 e. The Morgan fingerprint density at radius 1 is 1.29 bits per heavy atom. The van der Waals surface area contributed by atoms with Gasteiger partial charge in [0.25, 0.3) is 5.91 Å². The molecule has 1 aromatic heterocycles. The van der Waals surface area contributed by atoms with Crippen LogP contribution in [0.2, 0.25) is 5.02 Å². The number of benzene rings is 2. The lowest BCUT2D eigenvalue weighted by Gasteiger charge is -2.02. The molecule has 0 radical (unpaired) electrons. The lowest BCUT2D eigenvalue weighted by atomic mass is 10.2. The summed E-state index contributed by atoms with van der Waals surface area (Å²) in [4.78, 5) is 16.1. The molecule has 2 N–H and O–H groups in total. The van der Waals surface area contributed by atoms with Crippen LogP contribution in [0.15, 0.2) is 47.6 Å². The molecule has 5 nitrogen and oxygen atoms in total. The number of fused-ring (bicyclic) bond motifs is 1. The number of carbonyl (C=O) groups excluding carboxylic acids is 1. The summed E-state index contributed by atoms with van der Waals surface area (Å²) in [6.07, 6.45) is 1.17. The molecule has 2 aromatic carbocycles. The van der Waals surface area contributed by atoms with E-state index in [9.17, 15) is 9.18 Å². The van der Waals surface area contributed by atoms with Crippen molar-refractivity contribution in [2.45, 2.75) is 0 Å². The fourth-order valence-corrected chi connectivity index (χ4v) is 3.02. The van der Waals surface area contributed by atoms with Crippen molar-refractivity contribution in [1.29, 1.82) is 0 Å². The summed E-state index contributed by atoms with van der Waals surface area (Å²) in [7, 11) is 0. The van der Waals surface area contributed by atoms with Crippen LogP contribution in [0.25, 0.3) is 10.2 Å². The largest absolute Gasteiger partial charge is 0.352 e. The van der Waals surface area contributed by atoms with Crippen molar-refractivity contribution >= 4 is 50.4 Å². The standard InChI is InChI=1S/C16H12ClFN4OS/c17-11-4-3-5-12(18)10(11)8-20-22-15(23)9-19-16-21-13-6-1-2-7-14(13)24-16/h1-8H,9H2,(H,19,21)(H,22,23)/b20-8-. The Hall–Kier alpha value is -2.51. The predicted octanol–water partition coefficient (Wildman–Crippen LogP) is 3.65. The number of para-hydroxylation sites is 1. The molecule has 1 amide bonds. The average molecular weight is 363 g/mol. The second-order valence-corrected chi connectivity index (χ2v) is 6.21. The zero-order valence-electron chi connectivity index (χ0n) is 12.3. The van der Waals surface area contributed by atoms with E-state index in [1.807, 2.05) is 24.3 Å². The molecule has 0 bridgehead atoms. The summed E-state index contributed by atoms with van der Waals surface area (Å²) < 4.78 is 14.6. The molecular weight excluding hydrogens is 351 g/mol. The van der Waals surface area contributed by atoms with Gasteiger partial charge in [0.15, 0.2) is 5.13 Å². The van der Waals surface area contributed by atoms with E-state index in [4.69, 9.17) is 11.6 Å². The third-order valence-electron chi connectivity index (χ3n) is 3.08. The van der Waals surface area contributed by atoms with Gasteiger partial charge in [0.05, 0.1) is 28.0 Å². The molecule has 122 valence electrons. The van der Waals surface area contributed by atoms with Crippen LogP contribution < -0.4 is 10.7 Å². The highest BCUT2D eigenvalue weighted by Crippen LogP contribution is 2.24. The van der Waals surface area contributed by atoms with Crippen molar-refractivity contribution in [1.82, 2.24) is 10.4 Å². The van der Waals surface area contributed by atoms with Crippen molar-refractivity contribution < 1.29 is 9.18 Å². The third kappa shape index (κ3) is 3.87. The number of nitrogens with one attached hydrogen (secondary N) is 2. The number of halogens is 2. The summed E-state index contributed by atoms with van der Waals surface area (Å²) in [5, 5.41) is 7.51. The normalized spacial score (nSPS) is 11.1. The van der Waals surface area contributed by atoms with E-state index in [-0.39, 0.29) is 23.0 Å². The number of rotatable bonds is 5. The van der Waals surface area contributed by atoms with Gasteiger partial charge >= 0.3 is 0 Å². The number of amides is 1. The van der Waals surface area contributed by atoms with Crippen LogP contribution in [0, 0.1) is 5.82 Å². The summed E-state index contributed by atoms with van der Waals surface area (Å²) in [6, 6.07) is 12.0. The van der Waals surface area contributed by atoms with E-state index in [2.05, 4.69) is 20.8 Å². The lowest BCUT2D eigenvalue weighted by Crippen LogP contribution is -2.25. The van der Waals surface area contributed by atoms with Crippen LogP contribution in [0.3, 0.4) is 0 Å². The van der Waals surface area contributed by atoms with Gasteiger partial charge in [-0.05, 0) is 24.3 Å². The molecule has 0 unspecified atom stereocenters. The third-order valence-corrected chi connectivity index (χ3v) is 4.40. The predicted molar refractivity (Wildman–Crippen MR) is 95.3 cm³/mol. The van der Waals surface area contributed by atoms with E-state index in [1.54, 1.807) is 6.07 Å². The molecule has 1 heterocycles. The quantitative estimate of drug-likeness (QED) is 0.538. The molecular formula is C16H12ClFN4OS. The first-order chi connectivity index (χ1) is 11.6. The summed E-state index contributed by atoms with van der Waals surface area (Å²) in [5.74, 6) is -0.883. The summed E-state index contributed by atoms with van der Waals surface area (Å²) >= 11 is 7.32. The SMILES string of the molecule is O=C(CNc1nc2ccccc2s1)N/N=C\c1c(F)cccc1Cl. The van der Waals surface area contributed by atoms with Crippen LogP contribution >= 0.6 is 22.9 Å². The molecule has 0 aliphatic rings. The van der Waals surface area contributed by atoms with Crippen molar-refractivity contribution in [3.8, 4) is 0 Å². The fourth-order valence-electron chi connectivity index (χ4n) is 1.95. The van der Waals surface area contributed by atoms with Gasteiger partial charge in [-0.15, -0.1) is 0 Å². The van der Waals surface area contributed by atoms with Crippen LogP contribution in [-0.2, 0) is 4.79 Å². The first-order valence-corrected chi connectivity index (χ1v) is 8.18. The number of hydrogen-bond acceptors (Lipinski definition) is 5. The van der Waals surface area contributed by atoms with E-state index in [0.717, 1.165) is 10.2 Å². The molecule has 0 saturated carbocycles. The van der Waals surface area contributed by atoms with E-state index in [1.165, 1.54) is 29.7 Å². The molecule has 0 saturated heterocycles. The van der Waals surface area contributed by atoms with Gasteiger partial charge in [-0.3, -0.25) is 4.79 Å². The van der Waals surface area contributed by atoms with Gasteiger partial charge in [-0.2, -0.15) is 5.10 Å².